The van der Waals surface area contributed by atoms with Crippen molar-refractivity contribution in [2.75, 3.05) is 66.3 Å². The number of carbonyl (C=O) groups is 2. The third-order valence-electron chi connectivity index (χ3n) is 9.57. The van der Waals surface area contributed by atoms with Crippen LogP contribution in [0.15, 0.2) is 36.4 Å². The Hall–Kier alpha value is -3.92. The summed E-state index contributed by atoms with van der Waals surface area (Å²) in [7, 11) is 5.26. The molecule has 230 valence electrons. The third kappa shape index (κ3) is 5.60. The van der Waals surface area contributed by atoms with Gasteiger partial charge in [-0.2, -0.15) is 0 Å². The van der Waals surface area contributed by atoms with Crippen molar-refractivity contribution in [3.05, 3.63) is 47.5 Å². The van der Waals surface area contributed by atoms with Gasteiger partial charge in [-0.1, -0.05) is 6.07 Å². The highest BCUT2D eigenvalue weighted by molar-refractivity contribution is 6.00. The molecule has 0 spiro atoms. The molecule has 0 bridgehead atoms. The van der Waals surface area contributed by atoms with E-state index in [9.17, 15) is 9.59 Å². The molecule has 6 rings (SSSR count). The van der Waals surface area contributed by atoms with Gasteiger partial charge in [-0.15, -0.1) is 0 Å². The standard InChI is InChI=1S/C33H42N4O6/c1-22-6-5-11-37(22)31(39)24-17-28(41-4)29(18-25(24)34)43-33-19-32(33,20-33)21-42-26-9-7-23(16-27(26)40-3)8-10-30(38)36-14-12-35(2)13-15-36/h7-10,16-18,22H,5-6,11-15,19-21,34H2,1-4H3/b10-8+/t22-,32?,33?/m1/s1. The molecule has 0 radical (unpaired) electrons. The second kappa shape index (κ2) is 11.3. The Kier molecular flexibility index (Phi) is 7.66. The van der Waals surface area contributed by atoms with Crippen molar-refractivity contribution in [2.45, 2.75) is 44.2 Å². The van der Waals surface area contributed by atoms with Gasteiger partial charge in [-0.3, -0.25) is 9.59 Å². The first-order valence-corrected chi connectivity index (χ1v) is 15.1. The van der Waals surface area contributed by atoms with Gasteiger partial charge in [0.25, 0.3) is 5.91 Å². The van der Waals surface area contributed by atoms with Crippen molar-refractivity contribution in [3.63, 3.8) is 0 Å². The number of nitrogens with zero attached hydrogens (tertiary/aromatic N) is 3. The molecule has 2 aromatic rings. The summed E-state index contributed by atoms with van der Waals surface area (Å²) in [5.41, 5.74) is 7.67. The first-order valence-electron chi connectivity index (χ1n) is 15.1. The summed E-state index contributed by atoms with van der Waals surface area (Å²) in [4.78, 5) is 31.7. The monoisotopic (exact) mass is 590 g/mol. The van der Waals surface area contributed by atoms with E-state index in [1.54, 1.807) is 32.4 Å². The molecule has 4 aliphatic rings. The normalized spacial score (nSPS) is 26.3. The van der Waals surface area contributed by atoms with Crippen LogP contribution in [0.25, 0.3) is 6.08 Å². The summed E-state index contributed by atoms with van der Waals surface area (Å²) in [5.74, 6) is 2.26. The number of amides is 2. The maximum absolute atomic E-state index is 13.2. The van der Waals surface area contributed by atoms with Crippen molar-refractivity contribution in [3.8, 4) is 23.0 Å². The highest BCUT2D eigenvalue weighted by Gasteiger charge is 2.87. The molecule has 2 amide bonds. The average Bonchev–Trinajstić information content (AvgIpc) is 3.72. The Balaban J connectivity index is 1.07. The number of carbonyl (C=O) groups excluding carboxylic acids is 2. The first kappa shape index (κ1) is 29.2. The van der Waals surface area contributed by atoms with Gasteiger partial charge in [0.05, 0.1) is 31.8 Å². The zero-order chi connectivity index (χ0) is 30.4. The Morgan fingerprint density at radius 1 is 0.977 bits per heavy atom. The largest absolute Gasteiger partial charge is 0.493 e. The minimum atomic E-state index is -0.318. The van der Waals surface area contributed by atoms with Crippen LogP contribution in [0.4, 0.5) is 5.69 Å². The van der Waals surface area contributed by atoms with Gasteiger partial charge < -0.3 is 39.4 Å². The number of hydrogen-bond donors (Lipinski definition) is 1. The van der Waals surface area contributed by atoms with Crippen LogP contribution in [0.1, 0.15) is 48.5 Å². The second-order valence-electron chi connectivity index (χ2n) is 12.5. The van der Waals surface area contributed by atoms with E-state index in [-0.39, 0.29) is 28.9 Å². The molecule has 2 saturated heterocycles. The lowest BCUT2D eigenvalue weighted by atomic mass is 10.1. The van der Waals surface area contributed by atoms with Gasteiger partial charge in [-0.25, -0.2) is 0 Å². The highest BCUT2D eigenvalue weighted by atomic mass is 16.6. The predicted octanol–water partition coefficient (Wildman–Crippen LogP) is 3.69. The molecule has 10 heteroatoms. The number of piperazine rings is 1. The van der Waals surface area contributed by atoms with Crippen molar-refractivity contribution in [1.29, 1.82) is 0 Å². The van der Waals surface area contributed by atoms with Crippen molar-refractivity contribution in [1.82, 2.24) is 14.7 Å². The summed E-state index contributed by atoms with van der Waals surface area (Å²) >= 11 is 0. The average molecular weight is 591 g/mol. The Morgan fingerprint density at radius 2 is 1.70 bits per heavy atom. The number of hydrogen-bond acceptors (Lipinski definition) is 8. The van der Waals surface area contributed by atoms with Crippen LogP contribution >= 0.6 is 0 Å². The Morgan fingerprint density at radius 3 is 2.37 bits per heavy atom. The number of likely N-dealkylation sites (tertiary alicyclic amines) is 1. The molecular weight excluding hydrogens is 548 g/mol. The summed E-state index contributed by atoms with van der Waals surface area (Å²) < 4.78 is 23.9. The van der Waals surface area contributed by atoms with E-state index in [0.717, 1.165) is 64.0 Å². The van der Waals surface area contributed by atoms with Gasteiger partial charge in [-0.05, 0) is 56.7 Å². The lowest BCUT2D eigenvalue weighted by molar-refractivity contribution is -0.127. The number of likely N-dealkylation sites (N-methyl/N-ethyl adjacent to an activating group) is 1. The smallest absolute Gasteiger partial charge is 0.256 e. The molecule has 2 saturated carbocycles. The Labute approximate surface area is 253 Å². The molecule has 0 aromatic heterocycles. The van der Waals surface area contributed by atoms with Crippen LogP contribution in [0.5, 0.6) is 23.0 Å². The highest BCUT2D eigenvalue weighted by Crippen LogP contribution is 2.80. The lowest BCUT2D eigenvalue weighted by Gasteiger charge is -2.31. The molecule has 43 heavy (non-hydrogen) atoms. The van der Waals surface area contributed by atoms with E-state index >= 15 is 0 Å². The van der Waals surface area contributed by atoms with Crippen LogP contribution in [0, 0.1) is 5.41 Å². The zero-order valence-electron chi connectivity index (χ0n) is 25.6. The van der Waals surface area contributed by atoms with Crippen LogP contribution in [0.2, 0.25) is 0 Å². The fraction of sp³-hybridized carbons (Fsp3) is 0.515. The summed E-state index contributed by atoms with van der Waals surface area (Å²) in [5, 5.41) is 0. The number of benzene rings is 2. The van der Waals surface area contributed by atoms with Crippen molar-refractivity contribution >= 4 is 23.6 Å². The maximum Gasteiger partial charge on any atom is 0.256 e. The van der Waals surface area contributed by atoms with Crippen molar-refractivity contribution < 1.29 is 28.5 Å². The molecule has 4 fully saturated rings. The Bertz CT molecular complexity index is 1430. The number of nitrogens with two attached hydrogens (primary N) is 1. The molecule has 2 aliphatic carbocycles. The van der Waals surface area contributed by atoms with Gasteiger partial charge in [0.15, 0.2) is 23.0 Å². The van der Waals surface area contributed by atoms with E-state index in [1.807, 2.05) is 34.1 Å². The van der Waals surface area contributed by atoms with Crippen LogP contribution < -0.4 is 24.7 Å². The number of rotatable bonds is 10. The number of nitrogen functional groups attached to an aromatic ring is 1. The molecular formula is C33H42N4O6. The van der Waals surface area contributed by atoms with E-state index in [2.05, 4.69) is 18.9 Å². The van der Waals surface area contributed by atoms with Crippen LogP contribution in [0.3, 0.4) is 0 Å². The number of fused-ring (bicyclic) bond motifs is 1. The van der Waals surface area contributed by atoms with Gasteiger partial charge in [0, 0.05) is 69.4 Å². The first-order chi connectivity index (χ1) is 20.7. The lowest BCUT2D eigenvalue weighted by Crippen LogP contribution is -2.46. The number of anilines is 1. The molecule has 2 aromatic carbocycles. The number of ether oxygens (including phenoxy) is 4. The third-order valence-corrected chi connectivity index (χ3v) is 9.57. The van der Waals surface area contributed by atoms with E-state index in [0.29, 0.717) is 40.9 Å². The topological polar surface area (TPSA) is 107 Å². The van der Waals surface area contributed by atoms with Gasteiger partial charge in [0.2, 0.25) is 5.91 Å². The SMILES string of the molecule is COc1cc(/C=C/C(=O)N2CCN(C)CC2)ccc1OCC12CC1(Oc1cc(N)c(C(=O)N3CCC[C@H]3C)cc1OC)C2. The minimum Gasteiger partial charge on any atom is -0.493 e. The second-order valence-corrected chi connectivity index (χ2v) is 12.5. The predicted molar refractivity (Wildman–Crippen MR) is 164 cm³/mol. The fourth-order valence-electron chi connectivity index (χ4n) is 6.39. The molecule has 0 unspecified atom stereocenters. The van der Waals surface area contributed by atoms with Crippen molar-refractivity contribution in [2.24, 2.45) is 5.41 Å². The number of methoxy groups -OCH3 is 2. The van der Waals surface area contributed by atoms with Gasteiger partial charge in [0.1, 0.15) is 5.60 Å². The van der Waals surface area contributed by atoms with E-state index < -0.39 is 0 Å². The summed E-state index contributed by atoms with van der Waals surface area (Å²) in [6, 6.07) is 9.30. The van der Waals surface area contributed by atoms with Crippen LogP contribution in [-0.2, 0) is 4.79 Å². The maximum atomic E-state index is 13.2. The minimum absolute atomic E-state index is 0.0196. The summed E-state index contributed by atoms with van der Waals surface area (Å²) in [6.07, 6.45) is 7.18. The molecule has 1 atom stereocenters. The van der Waals surface area contributed by atoms with E-state index in [1.165, 1.54) is 0 Å². The zero-order valence-corrected chi connectivity index (χ0v) is 25.6. The molecule has 2 N–H and O–H groups in total. The van der Waals surface area contributed by atoms with Crippen LogP contribution in [-0.4, -0.2) is 98.8 Å². The summed E-state index contributed by atoms with van der Waals surface area (Å²) in [6.45, 7) is 6.56. The van der Waals surface area contributed by atoms with Gasteiger partial charge >= 0.3 is 0 Å². The molecule has 2 aliphatic heterocycles. The van der Waals surface area contributed by atoms with E-state index in [4.69, 9.17) is 24.7 Å². The fourth-order valence-corrected chi connectivity index (χ4v) is 6.39. The quantitative estimate of drug-likeness (QED) is 0.330. The molecule has 10 nitrogen and oxygen atoms in total. The molecule has 2 heterocycles.